The molecule has 0 radical (unpaired) electrons. The number of benzene rings is 1. The van der Waals surface area contributed by atoms with Crippen molar-refractivity contribution in [3.05, 3.63) is 40.6 Å². The van der Waals surface area contributed by atoms with E-state index >= 15 is 0 Å². The van der Waals surface area contributed by atoms with E-state index in [2.05, 4.69) is 25.7 Å². The summed E-state index contributed by atoms with van der Waals surface area (Å²) in [5.74, 6) is 0. The predicted octanol–water partition coefficient (Wildman–Crippen LogP) is 4.63. The van der Waals surface area contributed by atoms with E-state index in [4.69, 9.17) is 23.2 Å². The van der Waals surface area contributed by atoms with Gasteiger partial charge in [-0.15, -0.1) is 0 Å². The van der Waals surface area contributed by atoms with Crippen LogP contribution in [-0.2, 0) is 17.9 Å². The van der Waals surface area contributed by atoms with Crippen molar-refractivity contribution in [1.82, 2.24) is 9.78 Å². The lowest BCUT2D eigenvalue weighted by Gasteiger charge is -2.11. The van der Waals surface area contributed by atoms with Gasteiger partial charge in [-0.25, -0.2) is 4.68 Å². The van der Waals surface area contributed by atoms with Gasteiger partial charge in [0.1, 0.15) is 11.4 Å². The lowest BCUT2D eigenvalue weighted by Crippen LogP contribution is -1.99. The van der Waals surface area contributed by atoms with Crippen LogP contribution in [0.15, 0.2) is 33.8 Å². The number of hydrogen-bond donors (Lipinski definition) is 1. The van der Waals surface area contributed by atoms with Crippen LogP contribution in [0.2, 0.25) is 10.0 Å². The van der Waals surface area contributed by atoms with E-state index in [9.17, 15) is 0 Å². The minimum atomic E-state index is 0.503. The molecule has 0 spiro atoms. The Morgan fingerprint density at radius 2 is 2.10 bits per heavy atom. The zero-order valence-corrected chi connectivity index (χ0v) is 12.5. The third kappa shape index (κ3) is 2.37. The van der Waals surface area contributed by atoms with Crippen LogP contribution in [0.25, 0.3) is 6.20 Å². The topological polar surface area (TPSA) is 54.6 Å². The molecule has 5 nitrogen and oxygen atoms in total. The maximum Gasteiger partial charge on any atom is 0.130 e. The Labute approximate surface area is 129 Å². The first-order valence-electron chi connectivity index (χ1n) is 5.68. The number of anilines is 1. The number of aromatic nitrogens is 2. The molecule has 8 heteroatoms. The van der Waals surface area contributed by atoms with Crippen LogP contribution in [0.5, 0.6) is 0 Å². The van der Waals surface area contributed by atoms with Gasteiger partial charge in [-0.3, -0.25) is 0 Å². The second kappa shape index (κ2) is 5.40. The quantitative estimate of drug-likeness (QED) is 0.760. The summed E-state index contributed by atoms with van der Waals surface area (Å²) in [5, 5.41) is 8.39. The van der Waals surface area contributed by atoms with Gasteiger partial charge in [-0.2, -0.15) is 13.8 Å². The summed E-state index contributed by atoms with van der Waals surface area (Å²) in [7, 11) is 0. The number of rotatable bonds is 4. The molecule has 0 saturated carbocycles. The van der Waals surface area contributed by atoms with E-state index in [-0.39, 0.29) is 0 Å². The molecule has 0 saturated heterocycles. The van der Waals surface area contributed by atoms with Crippen molar-refractivity contribution in [3.63, 3.8) is 0 Å². The van der Waals surface area contributed by atoms with Crippen LogP contribution in [0.1, 0.15) is 5.56 Å². The Bertz CT molecular complexity index is 761. The molecular weight excluding hydrogens is 317 g/mol. The Balaban J connectivity index is 1.87. The molecular formula is C12H9Cl2N5S. The Hall–Kier alpha value is -1.63. The van der Waals surface area contributed by atoms with Crippen LogP contribution in [-0.4, -0.2) is 9.78 Å². The van der Waals surface area contributed by atoms with Crippen molar-refractivity contribution in [2.24, 2.45) is 8.73 Å². The molecule has 2 heterocycles. The Kier molecular flexibility index (Phi) is 3.60. The van der Waals surface area contributed by atoms with Gasteiger partial charge in [-0.1, -0.05) is 29.8 Å². The number of nitrogens with one attached hydrogen (secondary N) is 1. The molecule has 20 heavy (non-hydrogen) atoms. The third-order valence-corrected chi connectivity index (χ3v) is 3.87. The van der Waals surface area contributed by atoms with Crippen LogP contribution < -0.4 is 5.32 Å². The van der Waals surface area contributed by atoms with Gasteiger partial charge >= 0.3 is 0 Å². The van der Waals surface area contributed by atoms with E-state index in [1.807, 2.05) is 6.20 Å². The molecule has 1 aromatic heterocycles. The molecule has 1 aromatic carbocycles. The van der Waals surface area contributed by atoms with Crippen LogP contribution >= 0.6 is 23.2 Å². The van der Waals surface area contributed by atoms with Crippen molar-refractivity contribution in [2.75, 3.05) is 5.32 Å². The molecule has 1 aliphatic rings. The molecule has 1 N–H and O–H groups in total. The molecule has 0 unspecified atom stereocenters. The summed E-state index contributed by atoms with van der Waals surface area (Å²) in [6.07, 6.45) is 5.26. The minimum Gasteiger partial charge on any atom is -0.378 e. The van der Waals surface area contributed by atoms with Crippen LogP contribution in [0.3, 0.4) is 0 Å². The van der Waals surface area contributed by atoms with Crippen molar-refractivity contribution in [2.45, 2.75) is 6.54 Å². The van der Waals surface area contributed by atoms with Gasteiger partial charge in [0, 0.05) is 24.5 Å². The van der Waals surface area contributed by atoms with Gasteiger partial charge in [0.15, 0.2) is 0 Å². The lowest BCUT2D eigenvalue weighted by molar-refractivity contribution is 0.936. The molecule has 0 atom stereocenters. The zero-order valence-electron chi connectivity index (χ0n) is 10.2. The van der Waals surface area contributed by atoms with E-state index in [0.29, 0.717) is 28.0 Å². The molecule has 0 aliphatic carbocycles. The summed E-state index contributed by atoms with van der Waals surface area (Å²) in [5.41, 5.74) is 3.08. The number of nitrogens with zero attached hydrogens (tertiary/aromatic N) is 4. The highest BCUT2D eigenvalue weighted by molar-refractivity contribution is 7.58. The zero-order chi connectivity index (χ0) is 14.1. The molecule has 0 fully saturated rings. The third-order valence-electron chi connectivity index (χ3n) is 2.76. The SMILES string of the molecule is C=Cn1cc(CNc2c(Cl)cc(Cl)c3c2N=S=N3)cn1. The van der Waals surface area contributed by atoms with Gasteiger partial charge in [0.2, 0.25) is 0 Å². The first-order valence-corrected chi connectivity index (χ1v) is 7.17. The summed E-state index contributed by atoms with van der Waals surface area (Å²) < 4.78 is 10.0. The Morgan fingerprint density at radius 1 is 1.30 bits per heavy atom. The molecule has 0 amide bonds. The maximum absolute atomic E-state index is 6.22. The van der Waals surface area contributed by atoms with E-state index in [1.165, 1.54) is 0 Å². The smallest absolute Gasteiger partial charge is 0.130 e. The van der Waals surface area contributed by atoms with Crippen molar-refractivity contribution >= 4 is 57.8 Å². The van der Waals surface area contributed by atoms with Gasteiger partial charge in [0.05, 0.1) is 33.3 Å². The lowest BCUT2D eigenvalue weighted by atomic mass is 10.2. The summed E-state index contributed by atoms with van der Waals surface area (Å²) in [6, 6.07) is 1.67. The predicted molar refractivity (Wildman–Crippen MR) is 83.9 cm³/mol. The fourth-order valence-electron chi connectivity index (χ4n) is 1.80. The van der Waals surface area contributed by atoms with Crippen LogP contribution in [0, 0.1) is 0 Å². The van der Waals surface area contributed by atoms with Gasteiger partial charge < -0.3 is 5.32 Å². The number of halogens is 2. The van der Waals surface area contributed by atoms with E-state index < -0.39 is 0 Å². The molecule has 2 aromatic rings. The van der Waals surface area contributed by atoms with Crippen molar-refractivity contribution in [3.8, 4) is 0 Å². The fraction of sp³-hybridized carbons (Fsp3) is 0.0833. The molecule has 3 rings (SSSR count). The largest absolute Gasteiger partial charge is 0.378 e. The van der Waals surface area contributed by atoms with Gasteiger partial charge in [0.25, 0.3) is 0 Å². The normalized spacial score (nSPS) is 12.1. The van der Waals surface area contributed by atoms with E-state index in [1.54, 1.807) is 23.1 Å². The number of fused-ring (bicyclic) bond motifs is 1. The highest BCUT2D eigenvalue weighted by atomic mass is 35.5. The van der Waals surface area contributed by atoms with Gasteiger partial charge in [-0.05, 0) is 6.07 Å². The molecule has 0 bridgehead atoms. The Morgan fingerprint density at radius 3 is 2.85 bits per heavy atom. The first kappa shape index (κ1) is 13.4. The van der Waals surface area contributed by atoms with Crippen molar-refractivity contribution in [1.29, 1.82) is 0 Å². The second-order valence-electron chi connectivity index (χ2n) is 4.04. The monoisotopic (exact) mass is 325 g/mol. The van der Waals surface area contributed by atoms with Crippen LogP contribution in [0.4, 0.5) is 17.1 Å². The average molecular weight is 326 g/mol. The standard InChI is InChI=1S/C12H9Cl2N5S/c1-2-19-6-7(5-16-19)4-15-10-8(13)3-9(14)11-12(10)18-20-17-11/h2-3,5-6,15H,1,4H2. The average Bonchev–Trinajstić information content (AvgIpc) is 3.06. The van der Waals surface area contributed by atoms with E-state index in [0.717, 1.165) is 22.6 Å². The number of hydrogen-bond acceptors (Lipinski definition) is 4. The summed E-state index contributed by atoms with van der Waals surface area (Å²) >= 11 is 13.4. The minimum absolute atomic E-state index is 0.503. The molecule has 102 valence electrons. The highest BCUT2D eigenvalue weighted by Gasteiger charge is 2.18. The second-order valence-corrected chi connectivity index (χ2v) is 5.38. The fourth-order valence-corrected chi connectivity index (χ4v) is 2.98. The summed E-state index contributed by atoms with van der Waals surface area (Å²) in [4.78, 5) is 0. The molecule has 1 aliphatic heterocycles. The maximum atomic E-state index is 6.22. The highest BCUT2D eigenvalue weighted by Crippen LogP contribution is 2.47. The summed E-state index contributed by atoms with van der Waals surface area (Å²) in [6.45, 7) is 4.22. The first-order chi connectivity index (χ1) is 9.69. The van der Waals surface area contributed by atoms with Crippen molar-refractivity contribution < 1.29 is 0 Å².